The molecule has 0 unspecified atom stereocenters. The summed E-state index contributed by atoms with van der Waals surface area (Å²) in [5.41, 5.74) is 0.546. The van der Waals surface area contributed by atoms with Gasteiger partial charge in [0, 0.05) is 36.3 Å². The van der Waals surface area contributed by atoms with Crippen LogP contribution >= 0.6 is 11.6 Å². The van der Waals surface area contributed by atoms with Gasteiger partial charge in [0.1, 0.15) is 5.56 Å². The molecule has 6 heteroatoms. The van der Waals surface area contributed by atoms with Gasteiger partial charge < -0.3 is 15.0 Å². The average molecular weight is 337 g/mol. The zero-order valence-electron chi connectivity index (χ0n) is 13.3. The summed E-state index contributed by atoms with van der Waals surface area (Å²) in [6.07, 6.45) is 2.19. The third kappa shape index (κ3) is 3.92. The SMILES string of the molecule is CCn1cc(C(=O)NC[C@H](C)CCO)c(=O)c2cc(Cl)ccc21. The fourth-order valence-corrected chi connectivity index (χ4v) is 2.65. The number of pyridine rings is 1. The van der Waals surface area contributed by atoms with Crippen LogP contribution in [0.2, 0.25) is 5.02 Å². The molecular formula is C17H21ClN2O3. The van der Waals surface area contributed by atoms with Crippen LogP contribution in [0.4, 0.5) is 0 Å². The van der Waals surface area contributed by atoms with Gasteiger partial charge in [0.05, 0.1) is 5.52 Å². The van der Waals surface area contributed by atoms with E-state index < -0.39 is 5.91 Å². The largest absolute Gasteiger partial charge is 0.396 e. The standard InChI is InChI=1S/C17H21ClN2O3/c1-3-20-10-14(17(23)19-9-11(2)6-7-21)16(22)13-8-12(18)4-5-15(13)20/h4-5,8,10-11,21H,3,6-7,9H2,1-2H3,(H,19,23)/t11-/m1/s1. The van der Waals surface area contributed by atoms with E-state index in [1.54, 1.807) is 24.4 Å². The highest BCUT2D eigenvalue weighted by molar-refractivity contribution is 6.31. The number of carbonyl (C=O) groups is 1. The second-order valence-electron chi connectivity index (χ2n) is 5.65. The number of hydrogen-bond donors (Lipinski definition) is 2. The fraction of sp³-hybridized carbons (Fsp3) is 0.412. The van der Waals surface area contributed by atoms with Crippen molar-refractivity contribution in [2.45, 2.75) is 26.8 Å². The zero-order chi connectivity index (χ0) is 17.0. The highest BCUT2D eigenvalue weighted by Gasteiger charge is 2.16. The summed E-state index contributed by atoms with van der Waals surface area (Å²) in [5, 5.41) is 12.6. The number of nitrogens with one attached hydrogen (secondary N) is 1. The zero-order valence-corrected chi connectivity index (χ0v) is 14.1. The fourth-order valence-electron chi connectivity index (χ4n) is 2.48. The average Bonchev–Trinajstić information content (AvgIpc) is 2.53. The minimum absolute atomic E-state index is 0.0775. The summed E-state index contributed by atoms with van der Waals surface area (Å²) in [6, 6.07) is 5.11. The summed E-state index contributed by atoms with van der Waals surface area (Å²) in [7, 11) is 0. The van der Waals surface area contributed by atoms with Crippen LogP contribution in [0, 0.1) is 5.92 Å². The van der Waals surface area contributed by atoms with Crippen LogP contribution < -0.4 is 10.7 Å². The van der Waals surface area contributed by atoms with Crippen LogP contribution in [0.1, 0.15) is 30.6 Å². The molecule has 0 saturated carbocycles. The molecule has 0 radical (unpaired) electrons. The van der Waals surface area contributed by atoms with E-state index in [2.05, 4.69) is 5.32 Å². The first-order valence-corrected chi connectivity index (χ1v) is 8.07. The normalized spacial score (nSPS) is 12.3. The van der Waals surface area contributed by atoms with Crippen LogP contribution in [0.5, 0.6) is 0 Å². The minimum Gasteiger partial charge on any atom is -0.396 e. The van der Waals surface area contributed by atoms with Gasteiger partial charge in [-0.05, 0) is 37.5 Å². The molecule has 0 fully saturated rings. The number of aliphatic hydroxyl groups is 1. The van der Waals surface area contributed by atoms with Crippen molar-refractivity contribution in [2.75, 3.05) is 13.2 Å². The molecule has 124 valence electrons. The Bertz CT molecular complexity index is 770. The van der Waals surface area contributed by atoms with Crippen molar-refractivity contribution in [3.8, 4) is 0 Å². The lowest BCUT2D eigenvalue weighted by molar-refractivity contribution is 0.0944. The van der Waals surface area contributed by atoms with Gasteiger partial charge in [0.15, 0.2) is 0 Å². The van der Waals surface area contributed by atoms with Crippen LogP contribution in [0.25, 0.3) is 10.9 Å². The van der Waals surface area contributed by atoms with E-state index >= 15 is 0 Å². The van der Waals surface area contributed by atoms with Crippen LogP contribution in [-0.2, 0) is 6.54 Å². The molecule has 1 amide bonds. The molecule has 1 aromatic heterocycles. The van der Waals surface area contributed by atoms with Crippen LogP contribution in [0.15, 0.2) is 29.2 Å². The van der Waals surface area contributed by atoms with Gasteiger partial charge in [-0.1, -0.05) is 18.5 Å². The molecule has 0 aliphatic carbocycles. The second-order valence-corrected chi connectivity index (χ2v) is 6.08. The van der Waals surface area contributed by atoms with Gasteiger partial charge in [0.2, 0.25) is 5.43 Å². The molecule has 0 spiro atoms. The van der Waals surface area contributed by atoms with E-state index in [0.29, 0.717) is 29.9 Å². The number of rotatable bonds is 6. The number of nitrogens with zero attached hydrogens (tertiary/aromatic N) is 1. The molecule has 0 aliphatic rings. The number of hydrogen-bond acceptors (Lipinski definition) is 3. The Balaban J connectivity index is 2.39. The van der Waals surface area contributed by atoms with Crippen molar-refractivity contribution in [1.82, 2.24) is 9.88 Å². The third-order valence-corrected chi connectivity index (χ3v) is 4.10. The first kappa shape index (κ1) is 17.5. The van der Waals surface area contributed by atoms with Crippen molar-refractivity contribution in [3.05, 3.63) is 45.2 Å². The summed E-state index contributed by atoms with van der Waals surface area (Å²) in [5.74, 6) is -0.254. The highest BCUT2D eigenvalue weighted by atomic mass is 35.5. The van der Waals surface area contributed by atoms with Crippen LogP contribution in [0.3, 0.4) is 0 Å². The maximum atomic E-state index is 12.6. The Labute approximate surface area is 139 Å². The first-order chi connectivity index (χ1) is 11.0. The molecule has 5 nitrogen and oxygen atoms in total. The first-order valence-electron chi connectivity index (χ1n) is 7.69. The number of aliphatic hydroxyl groups excluding tert-OH is 1. The van der Waals surface area contributed by atoms with E-state index in [-0.39, 0.29) is 23.5 Å². The van der Waals surface area contributed by atoms with Gasteiger partial charge in [-0.25, -0.2) is 0 Å². The van der Waals surface area contributed by atoms with E-state index in [4.69, 9.17) is 16.7 Å². The van der Waals surface area contributed by atoms with Crippen molar-refractivity contribution in [2.24, 2.45) is 5.92 Å². The van der Waals surface area contributed by atoms with Crippen molar-refractivity contribution >= 4 is 28.4 Å². The van der Waals surface area contributed by atoms with E-state index in [1.807, 2.05) is 18.4 Å². The van der Waals surface area contributed by atoms with Crippen LogP contribution in [-0.4, -0.2) is 28.7 Å². The Morgan fingerprint density at radius 2 is 2.17 bits per heavy atom. The molecule has 0 bridgehead atoms. The smallest absolute Gasteiger partial charge is 0.256 e. The van der Waals surface area contributed by atoms with Crippen molar-refractivity contribution in [1.29, 1.82) is 0 Å². The number of amides is 1. The van der Waals surface area contributed by atoms with Gasteiger partial charge in [-0.2, -0.15) is 0 Å². The highest BCUT2D eigenvalue weighted by Crippen LogP contribution is 2.17. The maximum Gasteiger partial charge on any atom is 0.256 e. The van der Waals surface area contributed by atoms with E-state index in [0.717, 1.165) is 5.52 Å². The Morgan fingerprint density at radius 3 is 2.83 bits per heavy atom. The number of halogens is 1. The lowest BCUT2D eigenvalue weighted by Crippen LogP contribution is -2.33. The van der Waals surface area contributed by atoms with Gasteiger partial charge in [-0.15, -0.1) is 0 Å². The lowest BCUT2D eigenvalue weighted by atomic mass is 10.1. The molecule has 1 heterocycles. The van der Waals surface area contributed by atoms with E-state index in [1.165, 1.54) is 0 Å². The Morgan fingerprint density at radius 1 is 1.43 bits per heavy atom. The summed E-state index contributed by atoms with van der Waals surface area (Å²) < 4.78 is 1.86. The number of carbonyl (C=O) groups excluding carboxylic acids is 1. The van der Waals surface area contributed by atoms with Crippen molar-refractivity contribution < 1.29 is 9.90 Å². The number of aryl methyl sites for hydroxylation is 1. The molecular weight excluding hydrogens is 316 g/mol. The Hall–Kier alpha value is -1.85. The predicted octanol–water partition coefficient (Wildman–Crippen LogP) is 2.42. The topological polar surface area (TPSA) is 71.3 Å². The molecule has 1 aromatic carbocycles. The van der Waals surface area contributed by atoms with Crippen molar-refractivity contribution in [3.63, 3.8) is 0 Å². The quantitative estimate of drug-likeness (QED) is 0.851. The monoisotopic (exact) mass is 336 g/mol. The summed E-state index contributed by atoms with van der Waals surface area (Å²) in [4.78, 5) is 24.9. The Kier molecular flexibility index (Phi) is 5.80. The molecule has 0 aliphatic heterocycles. The molecule has 2 N–H and O–H groups in total. The predicted molar refractivity (Wildman–Crippen MR) is 92.1 cm³/mol. The molecule has 23 heavy (non-hydrogen) atoms. The number of benzene rings is 1. The van der Waals surface area contributed by atoms with Gasteiger partial charge >= 0.3 is 0 Å². The lowest BCUT2D eigenvalue weighted by Gasteiger charge is -2.14. The minimum atomic E-state index is -0.399. The molecule has 0 saturated heterocycles. The molecule has 1 atom stereocenters. The summed E-state index contributed by atoms with van der Waals surface area (Å²) >= 11 is 5.98. The number of aromatic nitrogens is 1. The maximum absolute atomic E-state index is 12.6. The van der Waals surface area contributed by atoms with Gasteiger partial charge in [0.25, 0.3) is 5.91 Å². The van der Waals surface area contributed by atoms with E-state index in [9.17, 15) is 9.59 Å². The molecule has 2 aromatic rings. The second kappa shape index (κ2) is 7.62. The number of fused-ring (bicyclic) bond motifs is 1. The molecule has 2 rings (SSSR count). The van der Waals surface area contributed by atoms with Gasteiger partial charge in [-0.3, -0.25) is 9.59 Å². The summed E-state index contributed by atoms with van der Waals surface area (Å²) in [6.45, 7) is 5.01. The third-order valence-electron chi connectivity index (χ3n) is 3.86.